The van der Waals surface area contributed by atoms with Crippen LogP contribution in [0.15, 0.2) is 4.52 Å². The minimum atomic E-state index is -3.23. The molecule has 2 saturated carbocycles. The predicted molar refractivity (Wildman–Crippen MR) is 92.3 cm³/mol. The summed E-state index contributed by atoms with van der Waals surface area (Å²) in [6, 6.07) is 0.461. The molecule has 0 spiro atoms. The van der Waals surface area contributed by atoms with E-state index in [1.54, 1.807) is 0 Å². The van der Waals surface area contributed by atoms with Gasteiger partial charge in [-0.25, -0.2) is 13.1 Å². The second kappa shape index (κ2) is 5.61. The van der Waals surface area contributed by atoms with Gasteiger partial charge in [0.25, 0.3) is 0 Å². The quantitative estimate of drug-likeness (QED) is 0.803. The van der Waals surface area contributed by atoms with Crippen LogP contribution in [0.4, 0.5) is 0 Å². The molecule has 1 atom stereocenters. The Balaban J connectivity index is 1.41. The van der Waals surface area contributed by atoms with Crippen molar-refractivity contribution in [3.8, 4) is 0 Å². The van der Waals surface area contributed by atoms with Gasteiger partial charge in [-0.05, 0) is 38.5 Å². The van der Waals surface area contributed by atoms with Crippen molar-refractivity contribution in [2.24, 2.45) is 0 Å². The second-order valence-corrected chi connectivity index (χ2v) is 10.4. The van der Waals surface area contributed by atoms with Crippen LogP contribution in [-0.2, 0) is 27.4 Å². The maximum Gasteiger partial charge on any atom is 0.230 e. The van der Waals surface area contributed by atoms with Gasteiger partial charge in [-0.2, -0.15) is 4.98 Å². The molecule has 0 saturated heterocycles. The molecule has 5 rings (SSSR count). The molecule has 2 fully saturated rings. The van der Waals surface area contributed by atoms with Crippen LogP contribution in [0.2, 0.25) is 0 Å². The summed E-state index contributed by atoms with van der Waals surface area (Å²) in [6.07, 6.45) is 9.78. The van der Waals surface area contributed by atoms with Crippen LogP contribution in [0.3, 0.4) is 0 Å². The number of aryl methyl sites for hydroxylation is 1. The number of sulfone groups is 1. The molecule has 8 nitrogen and oxygen atoms in total. The molecule has 0 N–H and O–H groups in total. The summed E-state index contributed by atoms with van der Waals surface area (Å²) in [6.45, 7) is 0. The number of aromatic nitrogens is 5. The van der Waals surface area contributed by atoms with E-state index in [4.69, 9.17) is 4.52 Å². The molecule has 2 aromatic rings. The first kappa shape index (κ1) is 16.4. The van der Waals surface area contributed by atoms with Crippen molar-refractivity contribution in [2.75, 3.05) is 6.26 Å². The van der Waals surface area contributed by atoms with Crippen molar-refractivity contribution in [3.63, 3.8) is 0 Å². The highest BCUT2D eigenvalue weighted by molar-refractivity contribution is 7.91. The van der Waals surface area contributed by atoms with E-state index in [0.29, 0.717) is 30.6 Å². The Morgan fingerprint density at radius 2 is 1.96 bits per heavy atom. The lowest BCUT2D eigenvalue weighted by Gasteiger charge is -2.21. The van der Waals surface area contributed by atoms with Gasteiger partial charge in [0.15, 0.2) is 15.7 Å². The third-order valence-electron chi connectivity index (χ3n) is 6.32. The smallest absolute Gasteiger partial charge is 0.230 e. The molecule has 0 bridgehead atoms. The van der Waals surface area contributed by atoms with Gasteiger partial charge >= 0.3 is 0 Å². The van der Waals surface area contributed by atoms with E-state index in [-0.39, 0.29) is 5.92 Å². The number of fused-ring (bicyclic) bond motifs is 1. The highest BCUT2D eigenvalue weighted by Gasteiger charge is 2.57. The Morgan fingerprint density at radius 1 is 1.19 bits per heavy atom. The Hall–Kier alpha value is -1.77. The summed E-state index contributed by atoms with van der Waals surface area (Å²) in [5.41, 5.74) is 2.28. The summed E-state index contributed by atoms with van der Waals surface area (Å²) in [7, 11) is -3.23. The zero-order valence-corrected chi connectivity index (χ0v) is 15.7. The SMILES string of the molecule is CS(=O)(=O)C1(c2noc(C3CCc4nnn(C5CCCC5)c4C3)n2)CC1. The molecule has 2 aromatic heterocycles. The van der Waals surface area contributed by atoms with Gasteiger partial charge < -0.3 is 4.52 Å². The van der Waals surface area contributed by atoms with Gasteiger partial charge in [0, 0.05) is 18.6 Å². The lowest BCUT2D eigenvalue weighted by Crippen LogP contribution is -2.21. The van der Waals surface area contributed by atoms with Gasteiger partial charge in [-0.1, -0.05) is 23.2 Å². The molecule has 0 amide bonds. The molecule has 0 radical (unpaired) electrons. The minimum absolute atomic E-state index is 0.109. The maximum absolute atomic E-state index is 12.1. The Bertz CT molecular complexity index is 938. The summed E-state index contributed by atoms with van der Waals surface area (Å²) >= 11 is 0. The van der Waals surface area contributed by atoms with E-state index in [9.17, 15) is 8.42 Å². The number of hydrogen-bond donors (Lipinski definition) is 0. The molecule has 2 heterocycles. The summed E-state index contributed by atoms with van der Waals surface area (Å²) in [5.74, 6) is 1.00. The molecule has 0 aromatic carbocycles. The topological polar surface area (TPSA) is 104 Å². The lowest BCUT2D eigenvalue weighted by molar-refractivity contribution is 0.330. The van der Waals surface area contributed by atoms with Crippen molar-refractivity contribution in [1.82, 2.24) is 25.1 Å². The highest BCUT2D eigenvalue weighted by Crippen LogP contribution is 2.51. The fraction of sp³-hybridized carbons (Fsp3) is 0.765. The number of rotatable bonds is 4. The summed E-state index contributed by atoms with van der Waals surface area (Å²) in [4.78, 5) is 4.51. The van der Waals surface area contributed by atoms with Crippen LogP contribution in [0.1, 0.15) is 80.0 Å². The van der Waals surface area contributed by atoms with Crippen molar-refractivity contribution < 1.29 is 12.9 Å². The Labute approximate surface area is 152 Å². The fourth-order valence-corrected chi connectivity index (χ4v) is 5.77. The van der Waals surface area contributed by atoms with E-state index in [0.717, 1.165) is 25.0 Å². The number of hydrogen-bond acceptors (Lipinski definition) is 7. The molecule has 9 heteroatoms. The molecule has 0 aliphatic heterocycles. The first-order valence-corrected chi connectivity index (χ1v) is 11.3. The zero-order valence-electron chi connectivity index (χ0n) is 14.9. The maximum atomic E-state index is 12.1. The van der Waals surface area contributed by atoms with E-state index in [2.05, 4.69) is 25.1 Å². The third kappa shape index (κ3) is 2.43. The molecule has 3 aliphatic rings. The van der Waals surface area contributed by atoms with Crippen molar-refractivity contribution >= 4 is 9.84 Å². The van der Waals surface area contributed by atoms with Gasteiger partial charge in [-0.15, -0.1) is 5.10 Å². The van der Waals surface area contributed by atoms with E-state index in [1.807, 2.05) is 0 Å². The summed E-state index contributed by atoms with van der Waals surface area (Å²) in [5, 5.41) is 12.8. The van der Waals surface area contributed by atoms with Gasteiger partial charge in [0.2, 0.25) is 5.89 Å². The molecule has 1 unspecified atom stereocenters. The lowest BCUT2D eigenvalue weighted by atomic mass is 9.89. The average molecular weight is 377 g/mol. The first-order chi connectivity index (χ1) is 12.5. The molecular weight excluding hydrogens is 354 g/mol. The van der Waals surface area contributed by atoms with Crippen molar-refractivity contribution in [2.45, 2.75) is 74.5 Å². The Kier molecular flexibility index (Phi) is 3.54. The zero-order chi connectivity index (χ0) is 17.9. The van der Waals surface area contributed by atoms with Crippen molar-refractivity contribution in [3.05, 3.63) is 23.1 Å². The highest BCUT2D eigenvalue weighted by atomic mass is 32.2. The van der Waals surface area contributed by atoms with Gasteiger partial charge in [-0.3, -0.25) is 0 Å². The van der Waals surface area contributed by atoms with Gasteiger partial charge in [0.05, 0.1) is 17.4 Å². The van der Waals surface area contributed by atoms with E-state index in [1.165, 1.54) is 37.6 Å². The minimum Gasteiger partial charge on any atom is -0.339 e. The third-order valence-corrected chi connectivity index (χ3v) is 8.33. The van der Waals surface area contributed by atoms with Crippen LogP contribution in [0.5, 0.6) is 0 Å². The molecule has 140 valence electrons. The largest absolute Gasteiger partial charge is 0.339 e. The standard InChI is InChI=1S/C17H23N5O3S/c1-26(23,24)17(8-9-17)16-18-15(25-20-16)11-6-7-13-14(10-11)22(21-19-13)12-4-2-3-5-12/h11-12H,2-10H2,1H3. The Morgan fingerprint density at radius 3 is 2.65 bits per heavy atom. The first-order valence-electron chi connectivity index (χ1n) is 9.44. The van der Waals surface area contributed by atoms with Crippen LogP contribution < -0.4 is 0 Å². The normalized spacial score (nSPS) is 25.3. The van der Waals surface area contributed by atoms with E-state index >= 15 is 0 Å². The molecule has 3 aliphatic carbocycles. The molecular formula is C17H23N5O3S. The summed E-state index contributed by atoms with van der Waals surface area (Å²) < 4.78 is 30.9. The van der Waals surface area contributed by atoms with Crippen LogP contribution in [-0.4, -0.2) is 39.8 Å². The van der Waals surface area contributed by atoms with Crippen LogP contribution in [0, 0.1) is 0 Å². The van der Waals surface area contributed by atoms with E-state index < -0.39 is 14.6 Å². The van der Waals surface area contributed by atoms with Crippen LogP contribution in [0.25, 0.3) is 0 Å². The van der Waals surface area contributed by atoms with Crippen molar-refractivity contribution in [1.29, 1.82) is 0 Å². The predicted octanol–water partition coefficient (Wildman–Crippen LogP) is 2.08. The second-order valence-electron chi connectivity index (χ2n) is 8.03. The van der Waals surface area contributed by atoms with Crippen LogP contribution >= 0.6 is 0 Å². The average Bonchev–Trinajstić information content (AvgIpc) is 3.01. The fourth-order valence-electron chi connectivity index (χ4n) is 4.51. The van der Waals surface area contributed by atoms with Gasteiger partial charge in [0.1, 0.15) is 4.75 Å². The number of nitrogens with zero attached hydrogens (tertiary/aromatic N) is 5. The monoisotopic (exact) mass is 377 g/mol. The molecule has 26 heavy (non-hydrogen) atoms.